The molecule has 1 rings (SSSR count). The van der Waals surface area contributed by atoms with Gasteiger partial charge in [-0.1, -0.05) is 243 Å². The lowest BCUT2D eigenvalue weighted by Crippen LogP contribution is -2.60. The molecule has 0 saturated carbocycles. The van der Waals surface area contributed by atoms with Crippen LogP contribution in [-0.2, 0) is 14.3 Å². The standard InChI is InChI=1S/C68H111NO8/c1-3-5-7-9-11-13-15-17-19-20-21-22-23-24-25-26-27-28-29-30-31-32-33-34-35-36-37-38-39-40-41-42-44-46-48-50-52-54-56-58-64(72)69-61(60-76-68-67(75)66(74)65(73)63(59-70)77-68)62(71)57-55-53-51-49-47-45-43-18-16-14-12-10-8-6-4-2/h5,7,11,13,16-19,21-22,24-25,27-28,30-31,33-34,36-37,47,49,55,57,61-63,65-68,70-71,73-75H,3-4,6,8-10,12,14-15,20,23,26,29,32,35,38-46,48,50-54,56,58-60H2,1-2H3,(H,69,72)/b7-5-,13-11-,18-16+,19-17-,22-21-,25-24-,28-27-,31-30-,34-33-,37-36-,49-47+,57-55+. The quantitative estimate of drug-likeness (QED) is 0.0261. The van der Waals surface area contributed by atoms with Crippen molar-refractivity contribution in [2.75, 3.05) is 13.2 Å². The number of allylic oxidation sites excluding steroid dienone is 23. The van der Waals surface area contributed by atoms with Crippen LogP contribution in [0.25, 0.3) is 0 Å². The Morgan fingerprint density at radius 1 is 0.455 bits per heavy atom. The molecule has 9 heteroatoms. The largest absolute Gasteiger partial charge is 0.394 e. The van der Waals surface area contributed by atoms with E-state index in [1.165, 1.54) is 77.0 Å². The fraction of sp³-hybridized carbons (Fsp3) is 0.632. The molecule has 7 unspecified atom stereocenters. The van der Waals surface area contributed by atoms with Crippen LogP contribution in [0.1, 0.15) is 219 Å². The molecule has 1 heterocycles. The Kier molecular flexibility index (Phi) is 51.1. The Labute approximate surface area is 470 Å². The summed E-state index contributed by atoms with van der Waals surface area (Å²) < 4.78 is 11.2. The van der Waals surface area contributed by atoms with Crippen molar-refractivity contribution in [3.8, 4) is 0 Å². The summed E-state index contributed by atoms with van der Waals surface area (Å²) in [5, 5.41) is 54.4. The maximum atomic E-state index is 13.1. The van der Waals surface area contributed by atoms with Crippen LogP contribution < -0.4 is 5.32 Å². The lowest BCUT2D eigenvalue weighted by atomic mass is 9.99. The number of amides is 1. The lowest BCUT2D eigenvalue weighted by Gasteiger charge is -2.40. The molecular weight excluding hydrogens is 959 g/mol. The van der Waals surface area contributed by atoms with E-state index < -0.39 is 49.5 Å². The number of aliphatic hydroxyl groups is 5. The average molecular weight is 1070 g/mol. The third kappa shape index (κ3) is 44.6. The summed E-state index contributed by atoms with van der Waals surface area (Å²) in [5.41, 5.74) is 0. The van der Waals surface area contributed by atoms with E-state index in [4.69, 9.17) is 9.47 Å². The van der Waals surface area contributed by atoms with Gasteiger partial charge < -0.3 is 40.3 Å². The number of carbonyl (C=O) groups excluding carboxylic acids is 1. The van der Waals surface area contributed by atoms with E-state index in [0.29, 0.717) is 6.42 Å². The monoisotopic (exact) mass is 1070 g/mol. The Balaban J connectivity index is 2.17. The molecule has 436 valence electrons. The van der Waals surface area contributed by atoms with Gasteiger partial charge in [-0.25, -0.2) is 0 Å². The zero-order chi connectivity index (χ0) is 55.8. The first-order valence-corrected chi connectivity index (χ1v) is 30.6. The van der Waals surface area contributed by atoms with Gasteiger partial charge in [-0.05, 0) is 116 Å². The number of unbranched alkanes of at least 4 members (excludes halogenated alkanes) is 18. The van der Waals surface area contributed by atoms with Gasteiger partial charge in [0.2, 0.25) is 5.91 Å². The predicted octanol–water partition coefficient (Wildman–Crippen LogP) is 15.8. The minimum absolute atomic E-state index is 0.201. The van der Waals surface area contributed by atoms with E-state index in [1.807, 2.05) is 6.08 Å². The summed E-state index contributed by atoms with van der Waals surface area (Å²) in [4.78, 5) is 13.1. The third-order valence-electron chi connectivity index (χ3n) is 13.4. The van der Waals surface area contributed by atoms with Gasteiger partial charge in [-0.15, -0.1) is 0 Å². The molecule has 0 aromatic carbocycles. The smallest absolute Gasteiger partial charge is 0.220 e. The highest BCUT2D eigenvalue weighted by atomic mass is 16.7. The fourth-order valence-electron chi connectivity index (χ4n) is 8.59. The Morgan fingerprint density at radius 3 is 1.25 bits per heavy atom. The van der Waals surface area contributed by atoms with Crippen LogP contribution in [-0.4, -0.2) is 87.5 Å². The molecular formula is C68H111NO8. The first kappa shape index (κ1) is 71.1. The highest BCUT2D eigenvalue weighted by Crippen LogP contribution is 2.23. The molecule has 6 N–H and O–H groups in total. The normalized spacial score (nSPS) is 19.8. The number of nitrogens with one attached hydrogen (secondary N) is 1. The molecule has 9 nitrogen and oxygen atoms in total. The molecule has 0 aromatic rings. The van der Waals surface area contributed by atoms with Crippen molar-refractivity contribution in [2.45, 2.75) is 262 Å². The Morgan fingerprint density at radius 2 is 0.818 bits per heavy atom. The second-order valence-corrected chi connectivity index (χ2v) is 20.4. The highest BCUT2D eigenvalue weighted by Gasteiger charge is 2.44. The molecule has 0 aliphatic carbocycles. The van der Waals surface area contributed by atoms with Crippen LogP contribution >= 0.6 is 0 Å². The van der Waals surface area contributed by atoms with Crippen molar-refractivity contribution in [1.29, 1.82) is 0 Å². The first-order valence-electron chi connectivity index (χ1n) is 30.6. The molecule has 0 radical (unpaired) electrons. The minimum Gasteiger partial charge on any atom is -0.394 e. The maximum absolute atomic E-state index is 13.1. The van der Waals surface area contributed by atoms with Gasteiger partial charge >= 0.3 is 0 Å². The second-order valence-electron chi connectivity index (χ2n) is 20.4. The summed E-state index contributed by atoms with van der Waals surface area (Å²) >= 11 is 0. The van der Waals surface area contributed by atoms with Gasteiger partial charge in [-0.2, -0.15) is 0 Å². The number of aliphatic hydroxyl groups excluding tert-OH is 5. The van der Waals surface area contributed by atoms with Crippen molar-refractivity contribution < 1.29 is 39.8 Å². The number of ether oxygens (including phenoxy) is 2. The molecule has 0 spiro atoms. The van der Waals surface area contributed by atoms with E-state index in [1.54, 1.807) is 6.08 Å². The predicted molar refractivity (Wildman–Crippen MR) is 326 cm³/mol. The van der Waals surface area contributed by atoms with Crippen molar-refractivity contribution in [1.82, 2.24) is 5.32 Å². The molecule has 1 fully saturated rings. The van der Waals surface area contributed by atoms with E-state index >= 15 is 0 Å². The zero-order valence-corrected chi connectivity index (χ0v) is 48.4. The minimum atomic E-state index is -1.58. The van der Waals surface area contributed by atoms with Crippen LogP contribution in [0.15, 0.2) is 146 Å². The fourth-order valence-corrected chi connectivity index (χ4v) is 8.59. The molecule has 1 aliphatic rings. The molecule has 1 amide bonds. The molecule has 0 aromatic heterocycles. The van der Waals surface area contributed by atoms with Gasteiger partial charge in [-0.3, -0.25) is 4.79 Å². The van der Waals surface area contributed by atoms with Crippen molar-refractivity contribution in [3.63, 3.8) is 0 Å². The molecule has 1 saturated heterocycles. The van der Waals surface area contributed by atoms with Gasteiger partial charge in [0.1, 0.15) is 24.4 Å². The number of carbonyl (C=O) groups is 1. The summed E-state index contributed by atoms with van der Waals surface area (Å²) in [6.07, 6.45) is 79.2. The summed E-state index contributed by atoms with van der Waals surface area (Å²) in [7, 11) is 0. The van der Waals surface area contributed by atoms with Crippen molar-refractivity contribution >= 4 is 5.91 Å². The SMILES string of the molecule is CC/C=C\C/C=C\C/C=C\C/C=C\C/C=C\C/C=C\C/C=C\C/C=C\C/C=C\CCCCCCCCCCCCCC(=O)NC(COC1OC(CO)C(O)C(O)C1O)C(O)/C=C/CC/C=C/CC/C=C/CCCCCCC. The Bertz CT molecular complexity index is 1720. The molecule has 77 heavy (non-hydrogen) atoms. The number of hydrogen-bond acceptors (Lipinski definition) is 8. The van der Waals surface area contributed by atoms with E-state index in [0.717, 1.165) is 122 Å². The van der Waals surface area contributed by atoms with Gasteiger partial charge in [0.25, 0.3) is 0 Å². The summed E-state index contributed by atoms with van der Waals surface area (Å²) in [6.45, 7) is 3.61. The second kappa shape index (κ2) is 55.4. The number of hydrogen-bond donors (Lipinski definition) is 6. The van der Waals surface area contributed by atoms with Crippen molar-refractivity contribution in [3.05, 3.63) is 146 Å². The molecule has 1 aliphatic heterocycles. The Hall–Kier alpha value is -3.93. The topological polar surface area (TPSA) is 149 Å². The third-order valence-corrected chi connectivity index (χ3v) is 13.4. The summed E-state index contributed by atoms with van der Waals surface area (Å²) in [6, 6.07) is -0.839. The maximum Gasteiger partial charge on any atom is 0.220 e. The highest BCUT2D eigenvalue weighted by molar-refractivity contribution is 5.76. The lowest BCUT2D eigenvalue weighted by molar-refractivity contribution is -0.302. The van der Waals surface area contributed by atoms with E-state index in [2.05, 4.69) is 153 Å². The van der Waals surface area contributed by atoms with Crippen molar-refractivity contribution in [2.24, 2.45) is 0 Å². The van der Waals surface area contributed by atoms with Crippen LogP contribution in [0, 0.1) is 0 Å². The zero-order valence-electron chi connectivity index (χ0n) is 48.4. The van der Waals surface area contributed by atoms with E-state index in [-0.39, 0.29) is 12.5 Å². The van der Waals surface area contributed by atoms with E-state index in [9.17, 15) is 30.3 Å². The van der Waals surface area contributed by atoms with Crippen LogP contribution in [0.3, 0.4) is 0 Å². The van der Waals surface area contributed by atoms with Gasteiger partial charge in [0.05, 0.1) is 25.4 Å². The summed E-state index contributed by atoms with van der Waals surface area (Å²) in [5.74, 6) is -0.201. The molecule has 0 bridgehead atoms. The van der Waals surface area contributed by atoms with Crippen LogP contribution in [0.2, 0.25) is 0 Å². The van der Waals surface area contributed by atoms with Crippen LogP contribution in [0.4, 0.5) is 0 Å². The first-order chi connectivity index (χ1) is 37.8. The van der Waals surface area contributed by atoms with Gasteiger partial charge in [0.15, 0.2) is 6.29 Å². The van der Waals surface area contributed by atoms with Gasteiger partial charge in [0, 0.05) is 6.42 Å². The average Bonchev–Trinajstić information content (AvgIpc) is 3.43. The number of rotatable bonds is 50. The van der Waals surface area contributed by atoms with Crippen LogP contribution in [0.5, 0.6) is 0 Å². The molecule has 7 atom stereocenters.